The molecule has 3 heterocycles. The fourth-order valence-corrected chi connectivity index (χ4v) is 5.52. The van der Waals surface area contributed by atoms with Crippen LogP contribution in [0.25, 0.3) is 11.0 Å². The Morgan fingerprint density at radius 3 is 2.58 bits per heavy atom. The molecule has 1 saturated heterocycles. The number of fused-ring (bicyclic) bond motifs is 1. The van der Waals surface area contributed by atoms with Crippen molar-refractivity contribution in [2.24, 2.45) is 0 Å². The highest BCUT2D eigenvalue weighted by Crippen LogP contribution is 2.35. The molecule has 1 atom stereocenters. The van der Waals surface area contributed by atoms with E-state index in [1.165, 1.54) is 24.4 Å². The van der Waals surface area contributed by atoms with Crippen LogP contribution >= 0.6 is 0 Å². The molecule has 2 aromatic heterocycles. The highest BCUT2D eigenvalue weighted by molar-refractivity contribution is 7.90. The number of pyridine rings is 1. The van der Waals surface area contributed by atoms with Crippen LogP contribution in [0.3, 0.4) is 0 Å². The summed E-state index contributed by atoms with van der Waals surface area (Å²) in [6.07, 6.45) is 4.22. The van der Waals surface area contributed by atoms with Crippen molar-refractivity contribution in [3.63, 3.8) is 0 Å². The van der Waals surface area contributed by atoms with Crippen molar-refractivity contribution in [1.29, 1.82) is 0 Å². The molecule has 0 spiro atoms. The van der Waals surface area contributed by atoms with Crippen molar-refractivity contribution in [2.45, 2.75) is 56.6 Å². The number of nitro groups is 1. The van der Waals surface area contributed by atoms with Gasteiger partial charge in [-0.05, 0) is 58.2 Å². The third-order valence-corrected chi connectivity index (χ3v) is 7.51. The predicted octanol–water partition coefficient (Wildman–Crippen LogP) is 4.38. The highest BCUT2D eigenvalue weighted by atomic mass is 32.2. The quantitative estimate of drug-likeness (QED) is 0.390. The lowest BCUT2D eigenvalue weighted by Gasteiger charge is -2.29. The van der Waals surface area contributed by atoms with Crippen LogP contribution in [0.1, 0.15) is 40.0 Å². The van der Waals surface area contributed by atoms with Gasteiger partial charge in [-0.15, -0.1) is 0 Å². The number of nitrogens with zero attached hydrogens (tertiary/aromatic N) is 4. The first-order valence-corrected chi connectivity index (χ1v) is 13.1. The molecule has 0 aliphatic carbocycles. The Hall–Kier alpha value is -3.67. The van der Waals surface area contributed by atoms with Crippen LogP contribution in [0.5, 0.6) is 0 Å². The second kappa shape index (κ2) is 9.76. The lowest BCUT2D eigenvalue weighted by atomic mass is 10.1. The molecular weight excluding hydrogens is 486 g/mol. The zero-order valence-corrected chi connectivity index (χ0v) is 21.2. The van der Waals surface area contributed by atoms with Crippen LogP contribution in [0.4, 0.5) is 16.2 Å². The van der Waals surface area contributed by atoms with E-state index in [2.05, 4.69) is 10.3 Å². The summed E-state index contributed by atoms with van der Waals surface area (Å²) < 4.78 is 33.0. The molecule has 1 fully saturated rings. The summed E-state index contributed by atoms with van der Waals surface area (Å²) in [5.74, 6) is 0. The zero-order valence-electron chi connectivity index (χ0n) is 20.4. The van der Waals surface area contributed by atoms with E-state index in [4.69, 9.17) is 4.74 Å². The number of carbonyl (C=O) groups is 1. The van der Waals surface area contributed by atoms with Gasteiger partial charge in [0.05, 0.1) is 15.2 Å². The van der Waals surface area contributed by atoms with E-state index in [1.54, 1.807) is 43.9 Å². The van der Waals surface area contributed by atoms with Gasteiger partial charge in [0, 0.05) is 25.3 Å². The number of ether oxygens (including phenoxy) is 1. The van der Waals surface area contributed by atoms with Gasteiger partial charge in [0.2, 0.25) is 0 Å². The Morgan fingerprint density at radius 2 is 1.92 bits per heavy atom. The fourth-order valence-electron chi connectivity index (χ4n) is 4.20. The summed E-state index contributed by atoms with van der Waals surface area (Å²) >= 11 is 0. The number of nitrogens with one attached hydrogen (secondary N) is 1. The molecule has 36 heavy (non-hydrogen) atoms. The number of rotatable bonds is 5. The zero-order chi connectivity index (χ0) is 26.1. The summed E-state index contributed by atoms with van der Waals surface area (Å²) in [6, 6.07) is 9.09. The van der Waals surface area contributed by atoms with Gasteiger partial charge < -0.3 is 15.0 Å². The second-order valence-corrected chi connectivity index (χ2v) is 11.5. The Bertz CT molecular complexity index is 1380. The molecule has 11 nitrogen and oxygen atoms in total. The Labute approximate surface area is 209 Å². The molecule has 0 bridgehead atoms. The maximum atomic E-state index is 13.2. The lowest BCUT2D eigenvalue weighted by Crippen LogP contribution is -2.42. The van der Waals surface area contributed by atoms with Crippen molar-refractivity contribution >= 4 is 38.5 Å². The fraction of sp³-hybridized carbons (Fsp3) is 0.417. The maximum Gasteiger partial charge on any atom is 0.410 e. The second-order valence-electron chi connectivity index (χ2n) is 9.71. The van der Waals surface area contributed by atoms with Crippen molar-refractivity contribution in [2.75, 3.05) is 18.4 Å². The molecule has 0 saturated carbocycles. The topological polar surface area (TPSA) is 137 Å². The molecule has 1 amide bonds. The first-order chi connectivity index (χ1) is 17.0. The normalized spacial score (nSPS) is 17.0. The number of aromatic nitrogens is 2. The molecule has 0 radical (unpaired) electrons. The average Bonchev–Trinajstić information content (AvgIpc) is 3.12. The Balaban J connectivity index is 1.71. The number of benzene rings is 1. The molecule has 1 aromatic carbocycles. The summed E-state index contributed by atoms with van der Waals surface area (Å²) in [5, 5.41) is 15.4. The van der Waals surface area contributed by atoms with Crippen molar-refractivity contribution in [1.82, 2.24) is 13.9 Å². The molecule has 1 aliphatic rings. The van der Waals surface area contributed by atoms with Crippen molar-refractivity contribution < 1.29 is 22.9 Å². The van der Waals surface area contributed by atoms with Crippen LogP contribution in [0.2, 0.25) is 0 Å². The number of hydrogen-bond acceptors (Lipinski definition) is 8. The van der Waals surface area contributed by atoms with Gasteiger partial charge in [-0.2, -0.15) is 0 Å². The van der Waals surface area contributed by atoms with E-state index >= 15 is 0 Å². The molecule has 3 aromatic rings. The van der Waals surface area contributed by atoms with Gasteiger partial charge in [0.25, 0.3) is 10.0 Å². The summed E-state index contributed by atoms with van der Waals surface area (Å²) in [6.45, 7) is 6.20. The monoisotopic (exact) mass is 515 g/mol. The predicted molar refractivity (Wildman–Crippen MR) is 134 cm³/mol. The largest absolute Gasteiger partial charge is 0.444 e. The third kappa shape index (κ3) is 5.27. The van der Waals surface area contributed by atoms with Crippen LogP contribution < -0.4 is 5.32 Å². The minimum atomic E-state index is -3.96. The van der Waals surface area contributed by atoms with Gasteiger partial charge in [0.15, 0.2) is 5.65 Å². The van der Waals surface area contributed by atoms with Gasteiger partial charge in [-0.3, -0.25) is 10.1 Å². The summed E-state index contributed by atoms with van der Waals surface area (Å²) in [5.41, 5.74) is -0.673. The highest BCUT2D eigenvalue weighted by Gasteiger charge is 2.30. The lowest BCUT2D eigenvalue weighted by molar-refractivity contribution is -0.384. The first-order valence-electron chi connectivity index (χ1n) is 11.7. The average molecular weight is 516 g/mol. The number of amides is 1. The Morgan fingerprint density at radius 1 is 1.19 bits per heavy atom. The number of carbonyl (C=O) groups excluding carboxylic acids is 1. The number of likely N-dealkylation sites (tertiary alicyclic amines) is 1. The van der Waals surface area contributed by atoms with Crippen molar-refractivity contribution in [3.05, 3.63) is 58.9 Å². The number of anilines is 1. The van der Waals surface area contributed by atoms with Crippen LogP contribution in [0.15, 0.2) is 53.7 Å². The van der Waals surface area contributed by atoms with Crippen molar-refractivity contribution in [3.8, 4) is 0 Å². The molecule has 1 N–H and O–H groups in total. The molecule has 192 valence electrons. The maximum absolute atomic E-state index is 13.2. The van der Waals surface area contributed by atoms with E-state index in [1.807, 2.05) is 0 Å². The smallest absolute Gasteiger partial charge is 0.410 e. The van der Waals surface area contributed by atoms with E-state index in [9.17, 15) is 23.3 Å². The third-order valence-electron chi connectivity index (χ3n) is 5.83. The standard InChI is InChI=1S/C24H29N5O6S/c1-24(2,3)35-23(30)27-13-8-7-9-17(16-27)26-21-19-12-14-28(22(19)25-15-20(21)29(31)32)36(33,34)18-10-5-4-6-11-18/h4-6,10-12,14-15,17H,7-9,13,16H2,1-3H3,(H,25,26). The molecule has 4 rings (SSSR count). The number of hydrogen-bond donors (Lipinski definition) is 1. The van der Waals surface area contributed by atoms with Gasteiger partial charge in [0.1, 0.15) is 17.5 Å². The van der Waals surface area contributed by atoms with Crippen LogP contribution in [-0.2, 0) is 14.8 Å². The summed E-state index contributed by atoms with van der Waals surface area (Å²) in [4.78, 5) is 29.8. The molecule has 12 heteroatoms. The van der Waals surface area contributed by atoms with E-state index in [0.29, 0.717) is 24.9 Å². The molecule has 1 aliphatic heterocycles. The van der Waals surface area contributed by atoms with E-state index < -0.39 is 26.6 Å². The Kier molecular flexibility index (Phi) is 6.90. The van der Waals surface area contributed by atoms with Crippen LogP contribution in [-0.4, -0.2) is 58.0 Å². The van der Waals surface area contributed by atoms with Crippen LogP contribution in [0, 0.1) is 10.1 Å². The minimum Gasteiger partial charge on any atom is -0.444 e. The minimum absolute atomic E-state index is 0.0737. The molecular formula is C24H29N5O6S. The van der Waals surface area contributed by atoms with E-state index in [0.717, 1.165) is 23.0 Å². The van der Waals surface area contributed by atoms with Gasteiger partial charge in [-0.1, -0.05) is 18.2 Å². The van der Waals surface area contributed by atoms with Gasteiger partial charge in [-0.25, -0.2) is 22.2 Å². The SMILES string of the molecule is CC(C)(C)OC(=O)N1CCCCC(Nc2c([N+](=O)[O-])cnc3c2ccn3S(=O)(=O)c2ccccc2)C1. The first kappa shape index (κ1) is 25.4. The summed E-state index contributed by atoms with van der Waals surface area (Å²) in [7, 11) is -3.96. The van der Waals surface area contributed by atoms with Gasteiger partial charge >= 0.3 is 11.8 Å². The van der Waals surface area contributed by atoms with E-state index in [-0.39, 0.29) is 28.0 Å². The molecule has 1 unspecified atom stereocenters.